The number of ether oxygens (including phenoxy) is 1. The monoisotopic (exact) mass is 423 g/mol. The molecule has 1 unspecified atom stereocenters. The van der Waals surface area contributed by atoms with Crippen LogP contribution in [0.3, 0.4) is 0 Å². The Hall–Kier alpha value is -3.72. The van der Waals surface area contributed by atoms with Gasteiger partial charge < -0.3 is 19.0 Å². The van der Waals surface area contributed by atoms with Gasteiger partial charge in [-0.2, -0.15) is 0 Å². The van der Waals surface area contributed by atoms with E-state index in [1.165, 1.54) is 24.1 Å². The minimum atomic E-state index is -0.773. The number of nitro groups is 1. The summed E-state index contributed by atoms with van der Waals surface area (Å²) in [4.78, 5) is 40.9. The first-order valence-corrected chi connectivity index (χ1v) is 9.66. The van der Waals surface area contributed by atoms with Crippen LogP contribution in [0.5, 0.6) is 5.75 Å². The van der Waals surface area contributed by atoms with Gasteiger partial charge in [0.15, 0.2) is 5.43 Å². The van der Waals surface area contributed by atoms with E-state index in [2.05, 4.69) is 0 Å². The van der Waals surface area contributed by atoms with Crippen LogP contribution >= 0.6 is 0 Å². The molecule has 9 heteroatoms. The lowest BCUT2D eigenvalue weighted by atomic mass is 9.98. The van der Waals surface area contributed by atoms with Gasteiger partial charge in [0.25, 0.3) is 11.6 Å². The Morgan fingerprint density at radius 1 is 1.19 bits per heavy atom. The summed E-state index contributed by atoms with van der Waals surface area (Å²) in [6.07, 6.45) is 0. The van der Waals surface area contributed by atoms with Crippen molar-refractivity contribution in [2.24, 2.45) is 0 Å². The summed E-state index contributed by atoms with van der Waals surface area (Å²) in [5.41, 5.74) is 0.489. The summed E-state index contributed by atoms with van der Waals surface area (Å²) in [7, 11) is 5.25. The Morgan fingerprint density at radius 3 is 2.65 bits per heavy atom. The summed E-state index contributed by atoms with van der Waals surface area (Å²) < 4.78 is 11.1. The maximum absolute atomic E-state index is 13.4. The van der Waals surface area contributed by atoms with E-state index in [4.69, 9.17) is 9.15 Å². The van der Waals surface area contributed by atoms with E-state index in [0.29, 0.717) is 29.8 Å². The van der Waals surface area contributed by atoms with Crippen LogP contribution in [-0.2, 0) is 0 Å². The van der Waals surface area contributed by atoms with Crippen molar-refractivity contribution in [2.75, 3.05) is 34.3 Å². The smallest absolute Gasteiger partial charge is 0.290 e. The molecule has 0 saturated heterocycles. The molecule has 1 aromatic heterocycles. The van der Waals surface area contributed by atoms with Crippen molar-refractivity contribution in [1.29, 1.82) is 0 Å². The molecule has 4 rings (SSSR count). The van der Waals surface area contributed by atoms with Gasteiger partial charge >= 0.3 is 0 Å². The van der Waals surface area contributed by atoms with Gasteiger partial charge in [-0.3, -0.25) is 19.7 Å². The minimum Gasteiger partial charge on any atom is -0.497 e. The molecule has 3 aromatic rings. The number of nitrogens with zero attached hydrogens (tertiary/aromatic N) is 3. The Bertz CT molecular complexity index is 1250. The first-order chi connectivity index (χ1) is 14.8. The molecule has 0 bridgehead atoms. The second-order valence-electron chi connectivity index (χ2n) is 7.59. The predicted octanol–water partition coefficient (Wildman–Crippen LogP) is 2.82. The van der Waals surface area contributed by atoms with E-state index in [9.17, 15) is 19.7 Å². The van der Waals surface area contributed by atoms with Crippen LogP contribution < -0.4 is 10.2 Å². The molecule has 1 aliphatic rings. The van der Waals surface area contributed by atoms with E-state index >= 15 is 0 Å². The predicted molar refractivity (Wildman–Crippen MR) is 114 cm³/mol. The lowest BCUT2D eigenvalue weighted by Gasteiger charge is -2.26. The average Bonchev–Trinajstić information content (AvgIpc) is 3.04. The second-order valence-corrected chi connectivity index (χ2v) is 7.59. The molecular weight excluding hydrogens is 402 g/mol. The van der Waals surface area contributed by atoms with Crippen molar-refractivity contribution in [2.45, 2.75) is 6.04 Å². The van der Waals surface area contributed by atoms with Crippen LogP contribution in [0.15, 0.2) is 51.7 Å². The number of methoxy groups -OCH3 is 1. The normalized spacial score (nSPS) is 15.5. The molecular formula is C22H21N3O6. The molecule has 2 heterocycles. The molecule has 0 saturated carbocycles. The molecule has 1 atom stereocenters. The number of fused-ring (bicyclic) bond motifs is 2. The fourth-order valence-corrected chi connectivity index (χ4v) is 3.82. The molecule has 31 heavy (non-hydrogen) atoms. The number of carbonyl (C=O) groups is 1. The van der Waals surface area contributed by atoms with E-state index < -0.39 is 16.9 Å². The maximum Gasteiger partial charge on any atom is 0.290 e. The zero-order chi connectivity index (χ0) is 22.3. The first kappa shape index (κ1) is 20.5. The number of hydrogen-bond donors (Lipinski definition) is 0. The molecule has 0 N–H and O–H groups in total. The molecule has 0 aliphatic carbocycles. The van der Waals surface area contributed by atoms with Crippen LogP contribution in [-0.4, -0.2) is 54.9 Å². The number of nitro benzene ring substituents is 1. The fourth-order valence-electron chi connectivity index (χ4n) is 3.82. The number of hydrogen-bond acceptors (Lipinski definition) is 7. The van der Waals surface area contributed by atoms with Crippen molar-refractivity contribution in [1.82, 2.24) is 9.80 Å². The highest BCUT2D eigenvalue weighted by atomic mass is 16.6. The summed E-state index contributed by atoms with van der Waals surface area (Å²) in [6.45, 7) is 0.870. The highest BCUT2D eigenvalue weighted by molar-refractivity contribution is 5.99. The molecule has 2 aromatic carbocycles. The van der Waals surface area contributed by atoms with Gasteiger partial charge in [-0.1, -0.05) is 12.1 Å². The highest BCUT2D eigenvalue weighted by Crippen LogP contribution is 2.39. The van der Waals surface area contributed by atoms with Crippen molar-refractivity contribution < 1.29 is 18.9 Å². The lowest BCUT2D eigenvalue weighted by Crippen LogP contribution is -2.35. The summed E-state index contributed by atoms with van der Waals surface area (Å²) in [5.74, 6) is 0.0388. The molecule has 0 radical (unpaired) electrons. The molecule has 160 valence electrons. The van der Waals surface area contributed by atoms with Gasteiger partial charge in [-0.25, -0.2) is 0 Å². The molecule has 0 spiro atoms. The van der Waals surface area contributed by atoms with Crippen LogP contribution in [0.25, 0.3) is 11.0 Å². The number of rotatable bonds is 6. The van der Waals surface area contributed by atoms with Crippen LogP contribution in [0.1, 0.15) is 27.7 Å². The third-order valence-electron chi connectivity index (χ3n) is 5.36. The Labute approximate surface area is 177 Å². The fraction of sp³-hybridized carbons (Fsp3) is 0.273. The topological polar surface area (TPSA) is 106 Å². The number of amides is 1. The summed E-state index contributed by atoms with van der Waals surface area (Å²) in [5, 5.41) is 11.6. The zero-order valence-corrected chi connectivity index (χ0v) is 17.3. The van der Waals surface area contributed by atoms with E-state index in [0.717, 1.165) is 0 Å². The number of carbonyl (C=O) groups excluding carboxylic acids is 1. The largest absolute Gasteiger partial charge is 0.497 e. The number of benzene rings is 2. The van der Waals surface area contributed by atoms with Crippen LogP contribution in [0, 0.1) is 10.1 Å². The Balaban J connectivity index is 1.94. The maximum atomic E-state index is 13.4. The van der Waals surface area contributed by atoms with Crippen molar-refractivity contribution in [3.63, 3.8) is 0 Å². The third kappa shape index (κ3) is 3.53. The minimum absolute atomic E-state index is 0.0407. The van der Waals surface area contributed by atoms with E-state index in [-0.39, 0.29) is 28.0 Å². The van der Waals surface area contributed by atoms with Crippen molar-refractivity contribution >= 4 is 22.6 Å². The highest BCUT2D eigenvalue weighted by Gasteiger charge is 2.42. The summed E-state index contributed by atoms with van der Waals surface area (Å²) in [6, 6.07) is 10.0. The quantitative estimate of drug-likeness (QED) is 0.443. The van der Waals surface area contributed by atoms with Gasteiger partial charge in [-0.05, 0) is 31.8 Å². The SMILES string of the molecule is COc1ccc2c(=O)c3c(oc2c1)C(=O)N(CCN(C)C)C3c1cccc([N+](=O)[O-])c1. The van der Waals surface area contributed by atoms with Crippen molar-refractivity contribution in [3.8, 4) is 5.75 Å². The average molecular weight is 423 g/mol. The summed E-state index contributed by atoms with van der Waals surface area (Å²) >= 11 is 0. The molecule has 0 fully saturated rings. The zero-order valence-electron chi connectivity index (χ0n) is 17.3. The van der Waals surface area contributed by atoms with Gasteiger partial charge in [-0.15, -0.1) is 0 Å². The van der Waals surface area contributed by atoms with Gasteiger partial charge in [0.2, 0.25) is 5.76 Å². The molecule has 9 nitrogen and oxygen atoms in total. The van der Waals surface area contributed by atoms with Gasteiger partial charge in [0, 0.05) is 31.3 Å². The number of non-ortho nitro benzene ring substituents is 1. The first-order valence-electron chi connectivity index (χ1n) is 9.66. The lowest BCUT2D eigenvalue weighted by molar-refractivity contribution is -0.384. The second kappa shape index (κ2) is 7.84. The third-order valence-corrected chi connectivity index (χ3v) is 5.36. The molecule has 1 amide bonds. The Kier molecular flexibility index (Phi) is 5.20. The van der Waals surface area contributed by atoms with Crippen molar-refractivity contribution in [3.05, 3.63) is 79.7 Å². The van der Waals surface area contributed by atoms with E-state index in [1.807, 2.05) is 19.0 Å². The Morgan fingerprint density at radius 2 is 1.97 bits per heavy atom. The number of likely N-dealkylation sites (N-methyl/N-ethyl adjacent to an activating group) is 1. The van der Waals surface area contributed by atoms with Gasteiger partial charge in [0.05, 0.1) is 29.0 Å². The standard InChI is InChI=1S/C22H21N3O6/c1-23(2)9-10-24-19(13-5-4-6-14(11-13)25(28)29)18-20(26)16-8-7-15(30-3)12-17(16)31-21(18)22(24)27/h4-8,11-12,19H,9-10H2,1-3H3. The van der Waals surface area contributed by atoms with E-state index in [1.54, 1.807) is 30.3 Å². The van der Waals surface area contributed by atoms with Gasteiger partial charge in [0.1, 0.15) is 11.3 Å². The van der Waals surface area contributed by atoms with Crippen LogP contribution in [0.2, 0.25) is 0 Å². The van der Waals surface area contributed by atoms with Crippen LogP contribution in [0.4, 0.5) is 5.69 Å². The molecule has 1 aliphatic heterocycles.